The van der Waals surface area contributed by atoms with E-state index in [9.17, 15) is 0 Å². The quantitative estimate of drug-likeness (QED) is 0.451. The Hall–Kier alpha value is -2.06. The number of rotatable bonds is 4. The first kappa shape index (κ1) is 20.2. The van der Waals surface area contributed by atoms with Crippen LogP contribution in [0, 0.1) is 0 Å². The SMILES string of the molecule is CC1CCCCN1CCO.c1cc(Nc2ccc3scnc3c2)c2ccsc2n1. The minimum absolute atomic E-state index is 0.310. The molecule has 0 bridgehead atoms. The van der Waals surface area contributed by atoms with E-state index in [-0.39, 0.29) is 0 Å². The molecule has 0 spiro atoms. The number of benzene rings is 1. The first-order valence-corrected chi connectivity index (χ1v) is 11.8. The standard InChI is InChI=1S/C14H9N3S2.C8H17NO/c1-2-13-12(16-8-19-13)7-9(1)17-11-3-5-15-14-10(11)4-6-18-14;1-8-4-2-3-5-9(8)6-7-10/h1-8H,(H,15,17);8,10H,2-7H2,1H3. The van der Waals surface area contributed by atoms with Crippen LogP contribution in [0.5, 0.6) is 0 Å². The molecule has 1 saturated heterocycles. The van der Waals surface area contributed by atoms with E-state index in [2.05, 4.69) is 56.8 Å². The molecule has 4 aromatic rings. The molecule has 1 aromatic carbocycles. The average molecular weight is 427 g/mol. The van der Waals surface area contributed by atoms with Gasteiger partial charge in [0, 0.05) is 29.9 Å². The van der Waals surface area contributed by atoms with Crippen molar-refractivity contribution in [3.63, 3.8) is 0 Å². The molecule has 0 radical (unpaired) electrons. The molecule has 1 fully saturated rings. The number of hydrogen-bond donors (Lipinski definition) is 2. The van der Waals surface area contributed by atoms with Gasteiger partial charge in [-0.1, -0.05) is 6.42 Å². The summed E-state index contributed by atoms with van der Waals surface area (Å²) in [5, 5.41) is 15.4. The van der Waals surface area contributed by atoms with Crippen LogP contribution in [-0.4, -0.2) is 45.7 Å². The highest BCUT2D eigenvalue weighted by Crippen LogP contribution is 2.29. The summed E-state index contributed by atoms with van der Waals surface area (Å²) in [5.74, 6) is 0. The average Bonchev–Trinajstić information content (AvgIpc) is 3.40. The number of aromatic nitrogens is 2. The molecule has 1 aliphatic heterocycles. The third kappa shape index (κ3) is 4.93. The number of nitrogens with zero attached hydrogens (tertiary/aromatic N) is 3. The van der Waals surface area contributed by atoms with Gasteiger partial charge in [-0.2, -0.15) is 0 Å². The van der Waals surface area contributed by atoms with Gasteiger partial charge < -0.3 is 10.4 Å². The van der Waals surface area contributed by atoms with E-state index in [0.717, 1.165) is 33.7 Å². The molecule has 29 heavy (non-hydrogen) atoms. The van der Waals surface area contributed by atoms with E-state index in [1.54, 1.807) is 22.7 Å². The monoisotopic (exact) mass is 426 g/mol. The van der Waals surface area contributed by atoms with E-state index in [4.69, 9.17) is 5.11 Å². The van der Waals surface area contributed by atoms with E-state index in [1.807, 2.05) is 17.8 Å². The lowest BCUT2D eigenvalue weighted by atomic mass is 10.0. The van der Waals surface area contributed by atoms with Gasteiger partial charge in [-0.05, 0) is 62.0 Å². The topological polar surface area (TPSA) is 61.3 Å². The Morgan fingerprint density at radius 1 is 1.17 bits per heavy atom. The normalized spacial score (nSPS) is 17.2. The number of hydrogen-bond acceptors (Lipinski definition) is 7. The summed E-state index contributed by atoms with van der Waals surface area (Å²) in [4.78, 5) is 12.1. The van der Waals surface area contributed by atoms with Crippen molar-refractivity contribution < 1.29 is 5.11 Å². The number of aliphatic hydroxyl groups is 1. The number of pyridine rings is 1. The van der Waals surface area contributed by atoms with Crippen molar-refractivity contribution in [3.8, 4) is 0 Å². The first-order valence-electron chi connectivity index (χ1n) is 10.0. The molecular weight excluding hydrogens is 400 g/mol. The highest BCUT2D eigenvalue weighted by molar-refractivity contribution is 7.17. The second kappa shape index (κ2) is 9.63. The van der Waals surface area contributed by atoms with Crippen molar-refractivity contribution in [1.82, 2.24) is 14.9 Å². The lowest BCUT2D eigenvalue weighted by Crippen LogP contribution is -2.39. The predicted molar refractivity (Wildman–Crippen MR) is 124 cm³/mol. The number of thiazole rings is 1. The van der Waals surface area contributed by atoms with Gasteiger partial charge >= 0.3 is 0 Å². The maximum Gasteiger partial charge on any atom is 0.125 e. The minimum atomic E-state index is 0.310. The van der Waals surface area contributed by atoms with Gasteiger partial charge in [0.05, 0.1) is 28.0 Å². The second-order valence-corrected chi connectivity index (χ2v) is 9.04. The molecule has 3 aromatic heterocycles. The number of nitrogens with one attached hydrogen (secondary N) is 1. The molecule has 152 valence electrons. The number of thiophene rings is 1. The number of fused-ring (bicyclic) bond motifs is 2. The Kier molecular flexibility index (Phi) is 6.71. The van der Waals surface area contributed by atoms with Crippen LogP contribution in [0.15, 0.2) is 47.4 Å². The number of piperidine rings is 1. The molecule has 0 aliphatic carbocycles. The predicted octanol–water partition coefficient (Wildman–Crippen LogP) is 5.50. The van der Waals surface area contributed by atoms with Gasteiger partial charge in [-0.15, -0.1) is 22.7 Å². The van der Waals surface area contributed by atoms with Gasteiger partial charge in [0.1, 0.15) is 4.83 Å². The summed E-state index contributed by atoms with van der Waals surface area (Å²) in [6.45, 7) is 4.60. The zero-order valence-corrected chi connectivity index (χ0v) is 18.2. The molecule has 4 heterocycles. The molecule has 0 saturated carbocycles. The zero-order valence-electron chi connectivity index (χ0n) is 16.5. The van der Waals surface area contributed by atoms with Crippen LogP contribution in [0.2, 0.25) is 0 Å². The number of anilines is 2. The second-order valence-electron chi connectivity index (χ2n) is 7.26. The Morgan fingerprint density at radius 3 is 2.97 bits per heavy atom. The smallest absolute Gasteiger partial charge is 0.125 e. The van der Waals surface area contributed by atoms with Crippen molar-refractivity contribution in [3.05, 3.63) is 47.4 Å². The molecule has 5 rings (SSSR count). The third-order valence-electron chi connectivity index (χ3n) is 5.31. The Labute approximate surface area is 179 Å². The Balaban J connectivity index is 0.000000174. The maximum absolute atomic E-state index is 8.69. The Morgan fingerprint density at radius 2 is 2.10 bits per heavy atom. The molecular formula is C22H26N4OS2. The van der Waals surface area contributed by atoms with Crippen LogP contribution >= 0.6 is 22.7 Å². The third-order valence-corrected chi connectivity index (χ3v) is 6.94. The number of β-amino-alcohol motifs (C(OH)–C–C–N with tert-alkyl or cyclic N) is 1. The fraction of sp³-hybridized carbons (Fsp3) is 0.364. The summed E-state index contributed by atoms with van der Waals surface area (Å²) in [5.41, 5.74) is 5.04. The van der Waals surface area contributed by atoms with Gasteiger partial charge in [0.25, 0.3) is 0 Å². The van der Waals surface area contributed by atoms with Gasteiger partial charge in [-0.3, -0.25) is 4.90 Å². The maximum atomic E-state index is 8.69. The van der Waals surface area contributed by atoms with E-state index < -0.39 is 0 Å². The summed E-state index contributed by atoms with van der Waals surface area (Å²) < 4.78 is 1.21. The van der Waals surface area contributed by atoms with Crippen LogP contribution < -0.4 is 5.32 Å². The van der Waals surface area contributed by atoms with E-state index >= 15 is 0 Å². The zero-order chi connectivity index (χ0) is 20.1. The molecule has 0 amide bonds. The Bertz CT molecular complexity index is 1060. The highest BCUT2D eigenvalue weighted by atomic mass is 32.1. The highest BCUT2D eigenvalue weighted by Gasteiger charge is 2.16. The number of likely N-dealkylation sites (tertiary alicyclic amines) is 1. The summed E-state index contributed by atoms with van der Waals surface area (Å²) in [6.07, 6.45) is 5.82. The molecule has 5 nitrogen and oxygen atoms in total. The molecule has 1 unspecified atom stereocenters. The van der Waals surface area contributed by atoms with Crippen LogP contribution in [0.4, 0.5) is 11.4 Å². The summed E-state index contributed by atoms with van der Waals surface area (Å²) >= 11 is 3.31. The van der Waals surface area contributed by atoms with Crippen LogP contribution in [0.25, 0.3) is 20.4 Å². The lowest BCUT2D eigenvalue weighted by molar-refractivity contribution is 0.126. The molecule has 2 N–H and O–H groups in total. The summed E-state index contributed by atoms with van der Waals surface area (Å²) in [7, 11) is 0. The minimum Gasteiger partial charge on any atom is -0.395 e. The summed E-state index contributed by atoms with van der Waals surface area (Å²) in [6, 6.07) is 11.0. The van der Waals surface area contributed by atoms with Crippen molar-refractivity contribution in [2.24, 2.45) is 0 Å². The van der Waals surface area contributed by atoms with Crippen LogP contribution in [-0.2, 0) is 0 Å². The lowest BCUT2D eigenvalue weighted by Gasteiger charge is -2.32. The van der Waals surface area contributed by atoms with Gasteiger partial charge in [-0.25, -0.2) is 9.97 Å². The van der Waals surface area contributed by atoms with Crippen LogP contribution in [0.3, 0.4) is 0 Å². The van der Waals surface area contributed by atoms with Gasteiger partial charge in [0.15, 0.2) is 0 Å². The van der Waals surface area contributed by atoms with Gasteiger partial charge in [0.2, 0.25) is 0 Å². The van der Waals surface area contributed by atoms with Crippen molar-refractivity contribution >= 4 is 54.5 Å². The van der Waals surface area contributed by atoms with E-state index in [0.29, 0.717) is 12.6 Å². The van der Waals surface area contributed by atoms with Crippen molar-refractivity contribution in [2.75, 3.05) is 25.0 Å². The number of aliphatic hydroxyl groups excluding tert-OH is 1. The van der Waals surface area contributed by atoms with Crippen LogP contribution in [0.1, 0.15) is 26.2 Å². The van der Waals surface area contributed by atoms with Crippen molar-refractivity contribution in [1.29, 1.82) is 0 Å². The largest absolute Gasteiger partial charge is 0.395 e. The molecule has 1 atom stereocenters. The fourth-order valence-electron chi connectivity index (χ4n) is 3.69. The first-order chi connectivity index (χ1) is 14.2. The van der Waals surface area contributed by atoms with E-state index in [1.165, 1.54) is 30.5 Å². The molecule has 7 heteroatoms. The van der Waals surface area contributed by atoms with Crippen molar-refractivity contribution in [2.45, 2.75) is 32.2 Å². The molecule has 1 aliphatic rings. The fourth-order valence-corrected chi connectivity index (χ4v) is 5.11.